The number of amides is 1. The minimum Gasteiger partial charge on any atom is -0.495 e. The van der Waals surface area contributed by atoms with Crippen LogP contribution in [0.5, 0.6) is 17.2 Å². The lowest BCUT2D eigenvalue weighted by molar-refractivity contribution is -0.119. The van der Waals surface area contributed by atoms with Crippen LogP contribution in [0, 0.1) is 0 Å². The van der Waals surface area contributed by atoms with E-state index in [0.717, 1.165) is 16.7 Å². The summed E-state index contributed by atoms with van der Waals surface area (Å²) in [4.78, 5) is 31.4. The number of benzene rings is 3. The first-order chi connectivity index (χ1) is 22.8. The number of aromatic nitrogens is 1. The van der Waals surface area contributed by atoms with Crippen molar-refractivity contribution in [2.24, 2.45) is 0 Å². The van der Waals surface area contributed by atoms with E-state index in [1.165, 1.54) is 29.6 Å². The minimum atomic E-state index is -3.91. The second-order valence-corrected chi connectivity index (χ2v) is 13.0. The average Bonchev–Trinajstić information content (AvgIpc) is 3.73. The maximum Gasteiger partial charge on any atom is 0.339 e. The van der Waals surface area contributed by atoms with Crippen LogP contribution in [-0.2, 0) is 30.7 Å². The van der Waals surface area contributed by atoms with Crippen LogP contribution in [0.4, 0.5) is 5.69 Å². The van der Waals surface area contributed by atoms with Gasteiger partial charge in [-0.15, -0.1) is 0 Å². The van der Waals surface area contributed by atoms with Gasteiger partial charge in [-0.25, -0.2) is 18.2 Å². The third kappa shape index (κ3) is 6.00. The molecule has 1 fully saturated rings. The molecule has 2 aliphatic heterocycles. The molecule has 13 heteroatoms. The number of morpholine rings is 1. The zero-order chi connectivity index (χ0) is 32.5. The Kier molecular flexibility index (Phi) is 8.26. The molecule has 0 unspecified atom stereocenters. The molecule has 3 aromatic carbocycles. The number of allylic oxidation sites excluding steroid dienone is 1. The number of sulfonamides is 1. The molecule has 0 saturated carbocycles. The molecule has 0 atom stereocenters. The summed E-state index contributed by atoms with van der Waals surface area (Å²) in [6.07, 6.45) is 3.27. The molecule has 47 heavy (non-hydrogen) atoms. The van der Waals surface area contributed by atoms with Gasteiger partial charge in [0.25, 0.3) is 5.91 Å². The normalized spacial score (nSPS) is 16.7. The van der Waals surface area contributed by atoms with Crippen LogP contribution >= 0.6 is 0 Å². The largest absolute Gasteiger partial charge is 0.495 e. The second-order valence-electron chi connectivity index (χ2n) is 11.1. The Morgan fingerprint density at radius 1 is 1.00 bits per heavy atom. The predicted octanol–water partition coefficient (Wildman–Crippen LogP) is 4.28. The molecule has 4 aromatic rings. The predicted molar refractivity (Wildman–Crippen MR) is 172 cm³/mol. The van der Waals surface area contributed by atoms with Crippen molar-refractivity contribution in [2.45, 2.75) is 17.7 Å². The average molecular weight is 658 g/mol. The van der Waals surface area contributed by atoms with Crippen molar-refractivity contribution in [3.05, 3.63) is 83.0 Å². The van der Waals surface area contributed by atoms with Crippen molar-refractivity contribution in [2.75, 3.05) is 52.1 Å². The summed E-state index contributed by atoms with van der Waals surface area (Å²) in [5, 5.41) is 3.27. The van der Waals surface area contributed by atoms with Gasteiger partial charge in [-0.3, -0.25) is 4.79 Å². The Labute approximate surface area is 270 Å². The van der Waals surface area contributed by atoms with E-state index in [-0.39, 0.29) is 49.4 Å². The number of fused-ring (bicyclic) bond motifs is 3. The number of hydrogen-bond donors (Lipinski definition) is 1. The third-order valence-corrected chi connectivity index (χ3v) is 10.2. The number of para-hydroxylation sites is 1. The standard InChI is InChI=1S/C34H31N3O9S/c1-42-28-11-8-23(18-30(28)47(40,41)37-12-14-43-15-13-37)35-31(38)19-44-34(39)32-24-4-2-3-5-26(24)36-33-22(7-9-25(32)33)16-21-6-10-27-29(17-21)46-20-45-27/h2-6,8,10-11,16-18H,7,9,12-15,19-20H2,1H3,(H,35,38). The van der Waals surface area contributed by atoms with E-state index in [4.69, 9.17) is 28.7 Å². The van der Waals surface area contributed by atoms with Crippen LogP contribution in [0.15, 0.2) is 65.6 Å². The summed E-state index contributed by atoms with van der Waals surface area (Å²) < 4.78 is 55.1. The Morgan fingerprint density at radius 2 is 1.81 bits per heavy atom. The molecule has 1 saturated heterocycles. The number of nitrogens with zero attached hydrogens (tertiary/aromatic N) is 2. The van der Waals surface area contributed by atoms with E-state index in [0.29, 0.717) is 46.5 Å². The van der Waals surface area contributed by atoms with E-state index in [9.17, 15) is 18.0 Å². The lowest BCUT2D eigenvalue weighted by atomic mass is 10.0. The molecule has 12 nitrogen and oxygen atoms in total. The van der Waals surface area contributed by atoms with Gasteiger partial charge in [0.15, 0.2) is 18.1 Å². The summed E-state index contributed by atoms with van der Waals surface area (Å²) in [5.41, 5.74) is 4.58. The van der Waals surface area contributed by atoms with Crippen LogP contribution in [0.1, 0.15) is 33.6 Å². The van der Waals surface area contributed by atoms with Gasteiger partial charge in [-0.2, -0.15) is 4.31 Å². The smallest absolute Gasteiger partial charge is 0.339 e. The second kappa shape index (κ2) is 12.7. The van der Waals surface area contributed by atoms with E-state index in [2.05, 4.69) is 5.32 Å². The summed E-state index contributed by atoms with van der Waals surface area (Å²) in [6, 6.07) is 17.4. The lowest BCUT2D eigenvalue weighted by Crippen LogP contribution is -2.40. The first-order valence-corrected chi connectivity index (χ1v) is 16.5. The molecule has 1 aliphatic carbocycles. The van der Waals surface area contributed by atoms with Gasteiger partial charge in [0.2, 0.25) is 16.8 Å². The first kappa shape index (κ1) is 30.7. The van der Waals surface area contributed by atoms with Gasteiger partial charge in [0.05, 0.1) is 37.1 Å². The number of hydrogen-bond acceptors (Lipinski definition) is 10. The zero-order valence-corrected chi connectivity index (χ0v) is 26.3. The Hall–Kier alpha value is -4.98. The third-order valence-electron chi connectivity index (χ3n) is 8.25. The van der Waals surface area contributed by atoms with E-state index in [1.54, 1.807) is 0 Å². The highest BCUT2D eigenvalue weighted by Gasteiger charge is 2.31. The number of carbonyl (C=O) groups is 2. The minimum absolute atomic E-state index is 0.0832. The number of rotatable bonds is 8. The molecule has 242 valence electrons. The van der Waals surface area contributed by atoms with Gasteiger partial charge in [-0.1, -0.05) is 24.3 Å². The molecule has 1 aromatic heterocycles. The quantitative estimate of drug-likeness (QED) is 0.273. The molecular formula is C34H31N3O9S. The Bertz CT molecular complexity index is 2040. The van der Waals surface area contributed by atoms with Crippen molar-refractivity contribution in [3.63, 3.8) is 0 Å². The molecule has 0 bridgehead atoms. The van der Waals surface area contributed by atoms with Gasteiger partial charge < -0.3 is 29.0 Å². The molecule has 0 radical (unpaired) electrons. The van der Waals surface area contributed by atoms with Crippen LogP contribution in [-0.4, -0.2) is 76.4 Å². The summed E-state index contributed by atoms with van der Waals surface area (Å²) >= 11 is 0. The maximum atomic E-state index is 13.6. The van der Waals surface area contributed by atoms with E-state index < -0.39 is 28.5 Å². The van der Waals surface area contributed by atoms with Crippen molar-refractivity contribution >= 4 is 50.1 Å². The van der Waals surface area contributed by atoms with Gasteiger partial charge in [0.1, 0.15) is 10.6 Å². The zero-order valence-electron chi connectivity index (χ0n) is 25.5. The summed E-state index contributed by atoms with van der Waals surface area (Å²) in [7, 11) is -2.53. The molecular weight excluding hydrogens is 626 g/mol. The number of pyridine rings is 1. The molecule has 0 spiro atoms. The first-order valence-electron chi connectivity index (χ1n) is 15.1. The monoisotopic (exact) mass is 657 g/mol. The van der Waals surface area contributed by atoms with Crippen molar-refractivity contribution in [1.29, 1.82) is 0 Å². The van der Waals surface area contributed by atoms with Gasteiger partial charge >= 0.3 is 5.97 Å². The number of ether oxygens (including phenoxy) is 5. The fraction of sp³-hybridized carbons (Fsp3) is 0.265. The van der Waals surface area contributed by atoms with Crippen LogP contribution < -0.4 is 19.5 Å². The molecule has 1 amide bonds. The van der Waals surface area contributed by atoms with E-state index >= 15 is 0 Å². The van der Waals surface area contributed by atoms with Crippen molar-refractivity contribution in [1.82, 2.24) is 9.29 Å². The fourth-order valence-electron chi connectivity index (χ4n) is 6.00. The van der Waals surface area contributed by atoms with Crippen molar-refractivity contribution in [3.8, 4) is 17.2 Å². The Morgan fingerprint density at radius 3 is 2.64 bits per heavy atom. The fourth-order valence-corrected chi connectivity index (χ4v) is 7.59. The van der Waals surface area contributed by atoms with Crippen LogP contribution in [0.2, 0.25) is 0 Å². The van der Waals surface area contributed by atoms with Crippen LogP contribution in [0.25, 0.3) is 22.6 Å². The van der Waals surface area contributed by atoms with Gasteiger partial charge in [-0.05, 0) is 72.0 Å². The number of anilines is 1. The number of nitrogens with one attached hydrogen (secondary N) is 1. The topological polar surface area (TPSA) is 143 Å². The highest BCUT2D eigenvalue weighted by atomic mass is 32.2. The SMILES string of the molecule is COc1ccc(NC(=O)COC(=O)c2c3c(nc4ccccc24)C(=Cc2ccc4c(c2)OCO4)CC3)cc1S(=O)(=O)N1CCOCC1. The Balaban J connectivity index is 1.10. The highest BCUT2D eigenvalue weighted by Crippen LogP contribution is 2.39. The van der Waals surface area contributed by atoms with Crippen molar-refractivity contribution < 1.29 is 41.7 Å². The number of methoxy groups -OCH3 is 1. The molecule has 3 heterocycles. The number of carbonyl (C=O) groups excluding carboxylic acids is 2. The molecule has 3 aliphatic rings. The van der Waals surface area contributed by atoms with Gasteiger partial charge in [0, 0.05) is 24.2 Å². The maximum absolute atomic E-state index is 13.6. The van der Waals surface area contributed by atoms with Crippen LogP contribution in [0.3, 0.4) is 0 Å². The summed E-state index contributed by atoms with van der Waals surface area (Å²) in [6.45, 7) is 0.602. The molecule has 1 N–H and O–H groups in total. The number of esters is 1. The molecule has 7 rings (SSSR count). The summed E-state index contributed by atoms with van der Waals surface area (Å²) in [5.74, 6) is 0.242. The lowest BCUT2D eigenvalue weighted by Gasteiger charge is -2.26. The van der Waals surface area contributed by atoms with E-state index in [1.807, 2.05) is 48.5 Å². The highest BCUT2D eigenvalue weighted by molar-refractivity contribution is 7.89.